The van der Waals surface area contributed by atoms with Gasteiger partial charge in [-0.15, -0.1) is 21.5 Å². The standard InChI is InChI=1S/C17H21N5O2S2/c1-11(2)8-22-15(14-6-5-7-24-14)19-20-17(22)26-10-13-9-25-16(18-13)21(4)12(3)23/h5-7,9,11H,8,10H2,1-4H3. The van der Waals surface area contributed by atoms with Gasteiger partial charge in [0.2, 0.25) is 5.91 Å². The molecular weight excluding hydrogens is 370 g/mol. The molecule has 138 valence electrons. The fourth-order valence-electron chi connectivity index (χ4n) is 2.30. The number of furan rings is 1. The van der Waals surface area contributed by atoms with Crippen molar-refractivity contribution in [2.24, 2.45) is 5.92 Å². The number of anilines is 1. The van der Waals surface area contributed by atoms with Crippen LogP contribution in [0.25, 0.3) is 11.6 Å². The van der Waals surface area contributed by atoms with E-state index in [1.165, 1.54) is 18.3 Å². The van der Waals surface area contributed by atoms with Crippen LogP contribution in [0, 0.1) is 5.92 Å². The maximum absolute atomic E-state index is 11.5. The third-order valence-corrected chi connectivity index (χ3v) is 5.62. The highest BCUT2D eigenvalue weighted by molar-refractivity contribution is 7.98. The molecule has 0 saturated heterocycles. The number of rotatable bonds is 7. The zero-order valence-electron chi connectivity index (χ0n) is 15.2. The van der Waals surface area contributed by atoms with Crippen LogP contribution in [0.2, 0.25) is 0 Å². The van der Waals surface area contributed by atoms with E-state index in [4.69, 9.17) is 4.42 Å². The van der Waals surface area contributed by atoms with Crippen molar-refractivity contribution < 1.29 is 9.21 Å². The lowest BCUT2D eigenvalue weighted by Crippen LogP contribution is -2.22. The predicted molar refractivity (Wildman–Crippen MR) is 103 cm³/mol. The fourth-order valence-corrected chi connectivity index (χ4v) is 4.08. The van der Waals surface area contributed by atoms with Gasteiger partial charge in [-0.2, -0.15) is 0 Å². The first kappa shape index (κ1) is 18.7. The summed E-state index contributed by atoms with van der Waals surface area (Å²) in [6.07, 6.45) is 1.64. The Morgan fingerprint density at radius 3 is 2.88 bits per heavy atom. The summed E-state index contributed by atoms with van der Waals surface area (Å²) in [7, 11) is 1.73. The lowest BCUT2D eigenvalue weighted by molar-refractivity contribution is -0.116. The molecule has 0 N–H and O–H groups in total. The molecule has 3 aromatic heterocycles. The van der Waals surface area contributed by atoms with Crippen LogP contribution < -0.4 is 4.90 Å². The third kappa shape index (κ3) is 4.16. The molecule has 0 fully saturated rings. The molecule has 3 heterocycles. The number of hydrogen-bond donors (Lipinski definition) is 0. The normalized spacial score (nSPS) is 11.3. The summed E-state index contributed by atoms with van der Waals surface area (Å²) in [6, 6.07) is 3.73. The Bertz CT molecular complexity index is 870. The maximum atomic E-state index is 11.5. The van der Waals surface area contributed by atoms with Crippen molar-refractivity contribution in [3.63, 3.8) is 0 Å². The van der Waals surface area contributed by atoms with Crippen LogP contribution in [0.3, 0.4) is 0 Å². The Morgan fingerprint density at radius 2 is 2.23 bits per heavy atom. The zero-order valence-corrected chi connectivity index (χ0v) is 16.8. The second-order valence-corrected chi connectivity index (χ2v) is 8.06. The van der Waals surface area contributed by atoms with Crippen LogP contribution in [-0.2, 0) is 17.1 Å². The molecule has 1 amide bonds. The number of aromatic nitrogens is 4. The maximum Gasteiger partial charge on any atom is 0.225 e. The molecule has 0 atom stereocenters. The van der Waals surface area contributed by atoms with Gasteiger partial charge in [-0.3, -0.25) is 14.3 Å². The SMILES string of the molecule is CC(=O)N(C)c1nc(CSc2nnc(-c3ccco3)n2CC(C)C)cs1. The number of thiazole rings is 1. The Morgan fingerprint density at radius 1 is 1.42 bits per heavy atom. The monoisotopic (exact) mass is 391 g/mol. The number of amides is 1. The van der Waals surface area contributed by atoms with Crippen LogP contribution in [-0.4, -0.2) is 32.7 Å². The highest BCUT2D eigenvalue weighted by Crippen LogP contribution is 2.29. The Hall–Kier alpha value is -2.13. The smallest absolute Gasteiger partial charge is 0.225 e. The highest BCUT2D eigenvalue weighted by Gasteiger charge is 2.18. The molecule has 9 heteroatoms. The summed E-state index contributed by atoms with van der Waals surface area (Å²) in [5, 5.41) is 12.2. The number of thioether (sulfide) groups is 1. The van der Waals surface area contributed by atoms with Crippen molar-refractivity contribution in [2.45, 2.75) is 38.2 Å². The molecule has 3 rings (SSSR count). The molecule has 3 aromatic rings. The van der Waals surface area contributed by atoms with E-state index in [9.17, 15) is 4.79 Å². The van der Waals surface area contributed by atoms with Crippen molar-refractivity contribution in [3.05, 3.63) is 29.5 Å². The highest BCUT2D eigenvalue weighted by atomic mass is 32.2. The van der Waals surface area contributed by atoms with E-state index < -0.39 is 0 Å². The largest absolute Gasteiger partial charge is 0.461 e. The van der Waals surface area contributed by atoms with E-state index in [2.05, 4.69) is 33.6 Å². The first-order chi connectivity index (χ1) is 12.5. The second kappa shape index (κ2) is 8.05. The lowest BCUT2D eigenvalue weighted by Gasteiger charge is -2.11. The van der Waals surface area contributed by atoms with Crippen LogP contribution in [0.4, 0.5) is 5.13 Å². The fraction of sp³-hybridized carbons (Fsp3) is 0.412. The molecule has 0 bridgehead atoms. The second-order valence-electron chi connectivity index (χ2n) is 6.28. The quantitative estimate of drug-likeness (QED) is 0.568. The van der Waals surface area contributed by atoms with Gasteiger partial charge in [0.25, 0.3) is 0 Å². The molecule has 0 saturated carbocycles. The van der Waals surface area contributed by atoms with Crippen LogP contribution in [0.5, 0.6) is 0 Å². The van der Waals surface area contributed by atoms with Gasteiger partial charge >= 0.3 is 0 Å². The number of carbonyl (C=O) groups excluding carboxylic acids is 1. The van der Waals surface area contributed by atoms with Crippen molar-refractivity contribution in [1.82, 2.24) is 19.7 Å². The van der Waals surface area contributed by atoms with Gasteiger partial charge in [-0.25, -0.2) is 4.98 Å². The van der Waals surface area contributed by atoms with Gasteiger partial charge in [-0.05, 0) is 18.1 Å². The molecule has 0 radical (unpaired) electrons. The van der Waals surface area contributed by atoms with E-state index >= 15 is 0 Å². The molecule has 7 nitrogen and oxygen atoms in total. The number of carbonyl (C=O) groups is 1. The summed E-state index contributed by atoms with van der Waals surface area (Å²) < 4.78 is 7.58. The average Bonchev–Trinajstić information content (AvgIpc) is 3.32. The average molecular weight is 392 g/mol. The van der Waals surface area contributed by atoms with Crippen LogP contribution in [0.15, 0.2) is 33.3 Å². The van der Waals surface area contributed by atoms with Crippen molar-refractivity contribution in [1.29, 1.82) is 0 Å². The molecule has 0 aliphatic rings. The summed E-state index contributed by atoms with van der Waals surface area (Å²) >= 11 is 3.04. The van der Waals surface area contributed by atoms with E-state index in [1.54, 1.807) is 30.0 Å². The molecule has 0 spiro atoms. The van der Waals surface area contributed by atoms with E-state index in [-0.39, 0.29) is 5.91 Å². The summed E-state index contributed by atoms with van der Waals surface area (Å²) in [6.45, 7) is 6.65. The van der Waals surface area contributed by atoms with Gasteiger partial charge in [0.05, 0.1) is 12.0 Å². The lowest BCUT2D eigenvalue weighted by atomic mass is 10.2. The van der Waals surface area contributed by atoms with E-state index in [0.29, 0.717) is 22.6 Å². The first-order valence-electron chi connectivity index (χ1n) is 8.24. The summed E-state index contributed by atoms with van der Waals surface area (Å²) in [4.78, 5) is 17.5. The minimum Gasteiger partial charge on any atom is -0.461 e. The molecule has 0 aliphatic carbocycles. The number of hydrogen-bond acceptors (Lipinski definition) is 7. The Balaban J connectivity index is 1.77. The topological polar surface area (TPSA) is 77.1 Å². The van der Waals surface area contributed by atoms with E-state index in [0.717, 1.165) is 23.2 Å². The Labute approximate surface area is 160 Å². The molecule has 26 heavy (non-hydrogen) atoms. The Kier molecular flexibility index (Phi) is 5.77. The van der Waals surface area contributed by atoms with Crippen molar-refractivity contribution >= 4 is 34.1 Å². The van der Waals surface area contributed by atoms with E-state index in [1.807, 2.05) is 17.5 Å². The van der Waals surface area contributed by atoms with Gasteiger partial charge in [-0.1, -0.05) is 25.6 Å². The van der Waals surface area contributed by atoms with Crippen LogP contribution >= 0.6 is 23.1 Å². The third-order valence-electron chi connectivity index (χ3n) is 3.65. The first-order valence-corrected chi connectivity index (χ1v) is 10.1. The zero-order chi connectivity index (χ0) is 18.7. The van der Waals surface area contributed by atoms with Gasteiger partial charge in [0, 0.05) is 31.6 Å². The summed E-state index contributed by atoms with van der Waals surface area (Å²) in [5.41, 5.74) is 0.918. The predicted octanol–water partition coefficient (Wildman–Crippen LogP) is 3.93. The van der Waals surface area contributed by atoms with Gasteiger partial charge in [0.1, 0.15) is 0 Å². The molecule has 0 aromatic carbocycles. The van der Waals surface area contributed by atoms with Crippen molar-refractivity contribution in [2.75, 3.05) is 11.9 Å². The van der Waals surface area contributed by atoms with Gasteiger partial charge in [0.15, 0.2) is 21.9 Å². The summed E-state index contributed by atoms with van der Waals surface area (Å²) in [5.74, 6) is 2.54. The van der Waals surface area contributed by atoms with Gasteiger partial charge < -0.3 is 4.42 Å². The molecule has 0 unspecified atom stereocenters. The minimum absolute atomic E-state index is 0.0293. The molecule has 0 aliphatic heterocycles. The van der Waals surface area contributed by atoms with Crippen molar-refractivity contribution in [3.8, 4) is 11.6 Å². The molecular formula is C17H21N5O2S2. The number of nitrogens with zero attached hydrogens (tertiary/aromatic N) is 5. The minimum atomic E-state index is -0.0293. The van der Waals surface area contributed by atoms with Crippen LogP contribution in [0.1, 0.15) is 26.5 Å².